The molecule has 0 atom stereocenters. The van der Waals surface area contributed by atoms with Crippen LogP contribution in [0, 0.1) is 0 Å². The van der Waals surface area contributed by atoms with Crippen LogP contribution in [-0.2, 0) is 6.54 Å². The quantitative estimate of drug-likeness (QED) is 0.760. The fourth-order valence-corrected chi connectivity index (χ4v) is 2.82. The number of aliphatic hydroxyl groups is 1. The summed E-state index contributed by atoms with van der Waals surface area (Å²) in [5.41, 5.74) is 1.06. The lowest BCUT2D eigenvalue weighted by Crippen LogP contribution is -2.19. The number of hydrogen-bond donors (Lipinski definition) is 2. The third-order valence-electron chi connectivity index (χ3n) is 2.04. The molecule has 0 unspecified atom stereocenters. The number of hydrogen-bond acceptors (Lipinski definition) is 3. The molecule has 1 rings (SSSR count). The molecule has 5 heteroatoms. The van der Waals surface area contributed by atoms with Crippen LogP contribution in [-0.4, -0.2) is 24.4 Å². The number of rotatable bonds is 6. The topological polar surface area (TPSA) is 41.5 Å². The number of aliphatic hydroxyl groups excluding tert-OH is 1. The Morgan fingerprint density at radius 2 is 2.06 bits per heavy atom. The first-order chi connectivity index (χ1) is 8.04. The lowest BCUT2D eigenvalue weighted by Gasteiger charge is -2.17. The summed E-state index contributed by atoms with van der Waals surface area (Å²) < 4.78 is 7.72. The normalized spacial score (nSPS) is 10.9. The van der Waals surface area contributed by atoms with Crippen molar-refractivity contribution in [2.24, 2.45) is 0 Å². The highest BCUT2D eigenvalue weighted by molar-refractivity contribution is 9.11. The molecule has 1 aromatic rings. The first-order valence-electron chi connectivity index (χ1n) is 5.50. The lowest BCUT2D eigenvalue weighted by molar-refractivity contribution is 0.237. The summed E-state index contributed by atoms with van der Waals surface area (Å²) in [6.07, 6.45) is 0.129. The second-order valence-electron chi connectivity index (χ2n) is 3.94. The van der Waals surface area contributed by atoms with Gasteiger partial charge in [-0.1, -0.05) is 15.9 Å². The Hall–Kier alpha value is -0.100. The van der Waals surface area contributed by atoms with Crippen LogP contribution in [0.2, 0.25) is 0 Å². The van der Waals surface area contributed by atoms with Crippen molar-refractivity contribution < 1.29 is 9.84 Å². The van der Waals surface area contributed by atoms with Gasteiger partial charge in [-0.2, -0.15) is 0 Å². The molecule has 0 heterocycles. The lowest BCUT2D eigenvalue weighted by atomic mass is 10.2. The van der Waals surface area contributed by atoms with Gasteiger partial charge in [0.15, 0.2) is 0 Å². The standard InChI is InChI=1S/C12H17Br2NO2/c1-8(2)17-12-9(7-15-3-4-16)5-10(13)6-11(12)14/h5-6,8,15-16H,3-4,7H2,1-2H3. The Bertz CT molecular complexity index is 370. The van der Waals surface area contributed by atoms with E-state index in [1.54, 1.807) is 0 Å². The number of nitrogens with one attached hydrogen (secondary N) is 1. The first kappa shape index (κ1) is 15.0. The molecule has 0 aliphatic rings. The van der Waals surface area contributed by atoms with Crippen LogP contribution < -0.4 is 10.1 Å². The minimum absolute atomic E-state index is 0.129. The van der Waals surface area contributed by atoms with E-state index >= 15 is 0 Å². The maximum absolute atomic E-state index is 8.76. The van der Waals surface area contributed by atoms with Gasteiger partial charge in [-0.15, -0.1) is 0 Å². The van der Waals surface area contributed by atoms with Crippen molar-refractivity contribution in [1.29, 1.82) is 0 Å². The predicted molar refractivity (Wildman–Crippen MR) is 76.4 cm³/mol. The third kappa shape index (κ3) is 4.95. The summed E-state index contributed by atoms with van der Waals surface area (Å²) in [5.74, 6) is 0.855. The minimum Gasteiger partial charge on any atom is -0.489 e. The Morgan fingerprint density at radius 1 is 1.35 bits per heavy atom. The molecule has 3 nitrogen and oxygen atoms in total. The summed E-state index contributed by atoms with van der Waals surface area (Å²) >= 11 is 6.96. The van der Waals surface area contributed by atoms with Crippen LogP contribution >= 0.6 is 31.9 Å². The van der Waals surface area contributed by atoms with Crippen molar-refractivity contribution in [1.82, 2.24) is 5.32 Å². The van der Waals surface area contributed by atoms with Gasteiger partial charge in [0.05, 0.1) is 17.2 Å². The molecule has 0 saturated carbocycles. The van der Waals surface area contributed by atoms with Gasteiger partial charge in [-0.05, 0) is 41.9 Å². The van der Waals surface area contributed by atoms with Gasteiger partial charge in [-0.25, -0.2) is 0 Å². The summed E-state index contributed by atoms with van der Waals surface area (Å²) in [6.45, 7) is 5.38. The molecule has 0 amide bonds. The molecule has 1 aromatic carbocycles. The average Bonchev–Trinajstić information content (AvgIpc) is 2.23. The van der Waals surface area contributed by atoms with E-state index in [0.29, 0.717) is 13.1 Å². The molecular weight excluding hydrogens is 350 g/mol. The zero-order valence-electron chi connectivity index (χ0n) is 9.96. The van der Waals surface area contributed by atoms with E-state index in [0.717, 1.165) is 20.3 Å². The van der Waals surface area contributed by atoms with Crippen molar-refractivity contribution >= 4 is 31.9 Å². The summed E-state index contributed by atoms with van der Waals surface area (Å²) in [6, 6.07) is 3.99. The van der Waals surface area contributed by atoms with E-state index in [2.05, 4.69) is 37.2 Å². The molecule has 0 spiro atoms. The first-order valence-corrected chi connectivity index (χ1v) is 7.09. The molecule has 0 aromatic heterocycles. The van der Waals surface area contributed by atoms with Crippen molar-refractivity contribution in [2.45, 2.75) is 26.5 Å². The highest BCUT2D eigenvalue weighted by atomic mass is 79.9. The molecule has 96 valence electrons. The molecule has 2 N–H and O–H groups in total. The highest BCUT2D eigenvalue weighted by Gasteiger charge is 2.11. The highest BCUT2D eigenvalue weighted by Crippen LogP contribution is 2.33. The van der Waals surface area contributed by atoms with Crippen molar-refractivity contribution in [2.75, 3.05) is 13.2 Å². The van der Waals surface area contributed by atoms with Crippen molar-refractivity contribution in [3.63, 3.8) is 0 Å². The Labute approximate surface area is 119 Å². The van der Waals surface area contributed by atoms with Crippen LogP contribution in [0.3, 0.4) is 0 Å². The second kappa shape index (κ2) is 7.36. The fraction of sp³-hybridized carbons (Fsp3) is 0.500. The summed E-state index contributed by atoms with van der Waals surface area (Å²) in [4.78, 5) is 0. The third-order valence-corrected chi connectivity index (χ3v) is 3.09. The number of benzene rings is 1. The predicted octanol–water partition coefficient (Wildman–Crippen LogP) is 3.08. The van der Waals surface area contributed by atoms with Crippen molar-refractivity contribution in [3.05, 3.63) is 26.6 Å². The summed E-state index contributed by atoms with van der Waals surface area (Å²) in [7, 11) is 0. The van der Waals surface area contributed by atoms with E-state index in [4.69, 9.17) is 9.84 Å². The molecule has 0 bridgehead atoms. The van der Waals surface area contributed by atoms with Gasteiger partial charge >= 0.3 is 0 Å². The van der Waals surface area contributed by atoms with Crippen LogP contribution in [0.5, 0.6) is 5.75 Å². The molecule has 17 heavy (non-hydrogen) atoms. The maximum atomic E-state index is 8.76. The monoisotopic (exact) mass is 365 g/mol. The molecule has 0 aliphatic carbocycles. The van der Waals surface area contributed by atoms with E-state index in [1.165, 1.54) is 0 Å². The van der Waals surface area contributed by atoms with Gasteiger partial charge in [-0.3, -0.25) is 0 Å². The van der Waals surface area contributed by atoms with E-state index in [-0.39, 0.29) is 12.7 Å². The van der Waals surface area contributed by atoms with Crippen molar-refractivity contribution in [3.8, 4) is 5.75 Å². The summed E-state index contributed by atoms with van der Waals surface area (Å²) in [5, 5.41) is 11.9. The van der Waals surface area contributed by atoms with Crippen LogP contribution in [0.15, 0.2) is 21.1 Å². The van der Waals surface area contributed by atoms with Gasteiger partial charge in [0.2, 0.25) is 0 Å². The Kier molecular flexibility index (Phi) is 6.48. The zero-order chi connectivity index (χ0) is 12.8. The molecular formula is C12H17Br2NO2. The van der Waals surface area contributed by atoms with Crippen LogP contribution in [0.1, 0.15) is 19.4 Å². The van der Waals surface area contributed by atoms with E-state index < -0.39 is 0 Å². The van der Waals surface area contributed by atoms with Gasteiger partial charge < -0.3 is 15.2 Å². The molecule has 0 aliphatic heterocycles. The van der Waals surface area contributed by atoms with Crippen LogP contribution in [0.4, 0.5) is 0 Å². The molecule has 0 saturated heterocycles. The maximum Gasteiger partial charge on any atom is 0.138 e. The molecule has 0 fully saturated rings. The van der Waals surface area contributed by atoms with Gasteiger partial charge in [0.25, 0.3) is 0 Å². The average molecular weight is 367 g/mol. The Balaban J connectivity index is 2.90. The Morgan fingerprint density at radius 3 is 2.65 bits per heavy atom. The van der Waals surface area contributed by atoms with Gasteiger partial charge in [0.1, 0.15) is 5.75 Å². The largest absolute Gasteiger partial charge is 0.489 e. The van der Waals surface area contributed by atoms with E-state index in [9.17, 15) is 0 Å². The smallest absolute Gasteiger partial charge is 0.138 e. The fourth-order valence-electron chi connectivity index (χ4n) is 1.41. The zero-order valence-corrected chi connectivity index (χ0v) is 13.1. The van der Waals surface area contributed by atoms with E-state index in [1.807, 2.05) is 26.0 Å². The van der Waals surface area contributed by atoms with Gasteiger partial charge in [0, 0.05) is 23.1 Å². The van der Waals surface area contributed by atoms with Crippen LogP contribution in [0.25, 0.3) is 0 Å². The number of halogens is 2. The minimum atomic E-state index is 0.129. The second-order valence-corrected chi connectivity index (χ2v) is 5.71. The number of ether oxygens (including phenoxy) is 1. The molecule has 0 radical (unpaired) electrons. The SMILES string of the molecule is CC(C)Oc1c(Br)cc(Br)cc1CNCCO.